The summed E-state index contributed by atoms with van der Waals surface area (Å²) in [6, 6.07) is 9.38. The Morgan fingerprint density at radius 2 is 1.61 bits per heavy atom. The van der Waals surface area contributed by atoms with Crippen molar-refractivity contribution in [2.45, 2.75) is 6.18 Å². The Labute approximate surface area is 134 Å². The highest BCUT2D eigenvalue weighted by Crippen LogP contribution is 2.34. The van der Waals surface area contributed by atoms with Crippen LogP contribution in [0.25, 0.3) is 0 Å². The van der Waals surface area contributed by atoms with Gasteiger partial charge in [0.15, 0.2) is 5.11 Å². The van der Waals surface area contributed by atoms with Gasteiger partial charge in [-0.05, 0) is 48.6 Å². The molecule has 0 heterocycles. The molecule has 1 amide bonds. The van der Waals surface area contributed by atoms with Crippen molar-refractivity contribution in [1.29, 1.82) is 0 Å². The largest absolute Gasteiger partial charge is 0.418 e. The van der Waals surface area contributed by atoms with Gasteiger partial charge in [-0.2, -0.15) is 13.2 Å². The molecule has 0 saturated carbocycles. The van der Waals surface area contributed by atoms with Crippen LogP contribution >= 0.6 is 12.2 Å². The Morgan fingerprint density at radius 3 is 2.22 bits per heavy atom. The summed E-state index contributed by atoms with van der Waals surface area (Å²) in [6.07, 6.45) is -4.56. The predicted octanol–water partition coefficient (Wildman–Crippen LogP) is 3.97. The van der Waals surface area contributed by atoms with Crippen LogP contribution < -0.4 is 10.6 Å². The summed E-state index contributed by atoms with van der Waals surface area (Å²) in [5.74, 6) is -1.17. The van der Waals surface area contributed by atoms with Crippen molar-refractivity contribution in [2.75, 3.05) is 5.32 Å². The number of hydrogen-bond donors (Lipinski definition) is 2. The number of hydrogen-bond acceptors (Lipinski definition) is 2. The van der Waals surface area contributed by atoms with Crippen LogP contribution in [0.5, 0.6) is 0 Å². The van der Waals surface area contributed by atoms with Gasteiger partial charge in [-0.25, -0.2) is 4.39 Å². The van der Waals surface area contributed by atoms with E-state index < -0.39 is 23.5 Å². The van der Waals surface area contributed by atoms with Crippen molar-refractivity contribution in [3.05, 3.63) is 65.5 Å². The third kappa shape index (κ3) is 4.49. The van der Waals surface area contributed by atoms with E-state index in [2.05, 4.69) is 10.6 Å². The van der Waals surface area contributed by atoms with E-state index in [4.69, 9.17) is 12.2 Å². The lowest BCUT2D eigenvalue weighted by molar-refractivity contribution is -0.136. The average Bonchev–Trinajstić information content (AvgIpc) is 2.47. The van der Waals surface area contributed by atoms with Crippen molar-refractivity contribution < 1.29 is 22.4 Å². The lowest BCUT2D eigenvalue weighted by atomic mass is 10.1. The summed E-state index contributed by atoms with van der Waals surface area (Å²) < 4.78 is 51.4. The zero-order valence-electron chi connectivity index (χ0n) is 11.4. The van der Waals surface area contributed by atoms with Gasteiger partial charge in [0.05, 0.1) is 11.3 Å². The van der Waals surface area contributed by atoms with Gasteiger partial charge >= 0.3 is 6.18 Å². The molecule has 23 heavy (non-hydrogen) atoms. The number of para-hydroxylation sites is 1. The molecule has 0 radical (unpaired) electrons. The standard InChI is InChI=1S/C15H10F4N2OS/c16-10-7-5-9(6-8-10)13(22)21-14(23)20-12-4-2-1-3-11(12)15(17,18)19/h1-8H,(H2,20,21,22,23). The van der Waals surface area contributed by atoms with E-state index in [-0.39, 0.29) is 16.4 Å². The van der Waals surface area contributed by atoms with Gasteiger partial charge < -0.3 is 5.32 Å². The minimum Gasteiger partial charge on any atom is -0.332 e. The number of rotatable bonds is 2. The van der Waals surface area contributed by atoms with Crippen molar-refractivity contribution in [3.8, 4) is 0 Å². The maximum absolute atomic E-state index is 12.9. The number of benzene rings is 2. The number of anilines is 1. The molecule has 0 fully saturated rings. The molecule has 8 heteroatoms. The molecule has 2 aromatic carbocycles. The van der Waals surface area contributed by atoms with E-state index in [1.165, 1.54) is 30.3 Å². The number of carbonyl (C=O) groups excluding carboxylic acids is 1. The Kier molecular flexibility index (Phi) is 4.95. The van der Waals surface area contributed by atoms with Gasteiger partial charge in [0, 0.05) is 5.56 Å². The molecule has 0 aliphatic carbocycles. The Morgan fingerprint density at radius 1 is 1.00 bits per heavy atom. The number of carbonyl (C=O) groups is 1. The molecule has 2 N–H and O–H groups in total. The molecule has 0 aromatic heterocycles. The molecular formula is C15H10F4N2OS. The zero-order chi connectivity index (χ0) is 17.0. The van der Waals surface area contributed by atoms with Crippen molar-refractivity contribution >= 4 is 28.9 Å². The van der Waals surface area contributed by atoms with E-state index in [0.29, 0.717) is 0 Å². The summed E-state index contributed by atoms with van der Waals surface area (Å²) >= 11 is 4.84. The fourth-order valence-electron chi connectivity index (χ4n) is 1.77. The second-order valence-corrected chi connectivity index (χ2v) is 4.87. The lowest BCUT2D eigenvalue weighted by Crippen LogP contribution is -2.34. The monoisotopic (exact) mass is 342 g/mol. The minimum atomic E-state index is -4.56. The molecule has 0 unspecified atom stereocenters. The topological polar surface area (TPSA) is 41.1 Å². The van der Waals surface area contributed by atoms with E-state index in [0.717, 1.165) is 18.2 Å². The van der Waals surface area contributed by atoms with Crippen LogP contribution in [0.2, 0.25) is 0 Å². The second-order valence-electron chi connectivity index (χ2n) is 4.46. The van der Waals surface area contributed by atoms with E-state index in [1.807, 2.05) is 0 Å². The first-order valence-electron chi connectivity index (χ1n) is 6.31. The van der Waals surface area contributed by atoms with Gasteiger partial charge in [0.2, 0.25) is 0 Å². The van der Waals surface area contributed by atoms with Crippen LogP contribution in [-0.4, -0.2) is 11.0 Å². The molecule has 0 atom stereocenters. The third-order valence-corrected chi connectivity index (χ3v) is 3.02. The number of alkyl halides is 3. The fourth-order valence-corrected chi connectivity index (χ4v) is 1.97. The van der Waals surface area contributed by atoms with Gasteiger partial charge in [-0.15, -0.1) is 0 Å². The molecule has 2 rings (SSSR count). The molecule has 0 aliphatic rings. The smallest absolute Gasteiger partial charge is 0.332 e. The maximum Gasteiger partial charge on any atom is 0.418 e. The molecule has 0 bridgehead atoms. The summed E-state index contributed by atoms with van der Waals surface area (Å²) in [4.78, 5) is 11.9. The molecule has 120 valence electrons. The Balaban J connectivity index is 2.08. The summed E-state index contributed by atoms with van der Waals surface area (Å²) in [7, 11) is 0. The highest BCUT2D eigenvalue weighted by atomic mass is 32.1. The molecule has 3 nitrogen and oxygen atoms in total. The van der Waals surface area contributed by atoms with Gasteiger partial charge in [0.25, 0.3) is 5.91 Å². The number of amides is 1. The first kappa shape index (κ1) is 16.9. The van der Waals surface area contributed by atoms with E-state index >= 15 is 0 Å². The number of halogens is 4. The molecule has 0 aliphatic heterocycles. The van der Waals surface area contributed by atoms with Gasteiger partial charge in [-0.3, -0.25) is 10.1 Å². The Hall–Kier alpha value is -2.48. The molecule has 0 spiro atoms. The second kappa shape index (κ2) is 6.74. The summed E-state index contributed by atoms with van der Waals surface area (Å²) in [5, 5.41) is 4.27. The van der Waals surface area contributed by atoms with Crippen LogP contribution in [0.3, 0.4) is 0 Å². The van der Waals surface area contributed by atoms with E-state index in [9.17, 15) is 22.4 Å². The SMILES string of the molecule is O=C(NC(=S)Nc1ccccc1C(F)(F)F)c1ccc(F)cc1. The molecule has 0 saturated heterocycles. The van der Waals surface area contributed by atoms with Crippen molar-refractivity contribution in [1.82, 2.24) is 5.32 Å². The van der Waals surface area contributed by atoms with Gasteiger partial charge in [0.1, 0.15) is 5.82 Å². The highest BCUT2D eigenvalue weighted by molar-refractivity contribution is 7.80. The number of nitrogens with one attached hydrogen (secondary N) is 2. The van der Waals surface area contributed by atoms with Crippen LogP contribution in [0, 0.1) is 5.82 Å². The maximum atomic E-state index is 12.9. The van der Waals surface area contributed by atoms with Crippen LogP contribution in [0.4, 0.5) is 23.2 Å². The van der Waals surface area contributed by atoms with Crippen LogP contribution in [0.1, 0.15) is 15.9 Å². The van der Waals surface area contributed by atoms with Crippen LogP contribution in [0.15, 0.2) is 48.5 Å². The third-order valence-electron chi connectivity index (χ3n) is 2.81. The van der Waals surface area contributed by atoms with Crippen molar-refractivity contribution in [2.24, 2.45) is 0 Å². The first-order valence-corrected chi connectivity index (χ1v) is 6.72. The summed E-state index contributed by atoms with van der Waals surface area (Å²) in [6.45, 7) is 0. The average molecular weight is 342 g/mol. The lowest BCUT2D eigenvalue weighted by Gasteiger charge is -2.15. The van der Waals surface area contributed by atoms with Crippen LogP contribution in [-0.2, 0) is 6.18 Å². The molecule has 2 aromatic rings. The minimum absolute atomic E-state index is 0.125. The normalized spacial score (nSPS) is 11.0. The highest BCUT2D eigenvalue weighted by Gasteiger charge is 2.33. The number of thiocarbonyl (C=S) groups is 1. The predicted molar refractivity (Wildman–Crippen MR) is 81.5 cm³/mol. The van der Waals surface area contributed by atoms with Crippen molar-refractivity contribution in [3.63, 3.8) is 0 Å². The zero-order valence-corrected chi connectivity index (χ0v) is 12.3. The van der Waals surface area contributed by atoms with Gasteiger partial charge in [-0.1, -0.05) is 12.1 Å². The fraction of sp³-hybridized carbons (Fsp3) is 0.0667. The quantitative estimate of drug-likeness (QED) is 0.641. The molecular weight excluding hydrogens is 332 g/mol. The first-order chi connectivity index (χ1) is 10.8. The Bertz CT molecular complexity index is 729. The van der Waals surface area contributed by atoms with E-state index in [1.54, 1.807) is 0 Å². The summed E-state index contributed by atoms with van der Waals surface area (Å²) in [5.41, 5.74) is -1.05.